The maximum Gasteiger partial charge on any atom is 0.223 e. The molecule has 3 unspecified atom stereocenters. The Balaban J connectivity index is 1.58. The fourth-order valence-corrected chi connectivity index (χ4v) is 3.56. The van der Waals surface area contributed by atoms with Crippen LogP contribution in [0, 0.1) is 17.8 Å². The van der Waals surface area contributed by atoms with Crippen LogP contribution in [0.1, 0.15) is 31.7 Å². The lowest BCUT2D eigenvalue weighted by Gasteiger charge is -2.38. The van der Waals surface area contributed by atoms with Crippen molar-refractivity contribution in [2.45, 2.75) is 38.8 Å². The summed E-state index contributed by atoms with van der Waals surface area (Å²) in [5.41, 5.74) is 1.30. The molecular weight excluding hydrogens is 288 g/mol. The van der Waals surface area contributed by atoms with Crippen LogP contribution in [-0.2, 0) is 11.3 Å². The van der Waals surface area contributed by atoms with Crippen molar-refractivity contribution in [1.29, 1.82) is 0 Å². The van der Waals surface area contributed by atoms with Gasteiger partial charge in [-0.25, -0.2) is 0 Å². The average Bonchev–Trinajstić information content (AvgIpc) is 3.40. The molecule has 0 bridgehead atoms. The van der Waals surface area contributed by atoms with Crippen molar-refractivity contribution in [1.82, 2.24) is 10.2 Å². The molecule has 3 atom stereocenters. The van der Waals surface area contributed by atoms with Crippen molar-refractivity contribution >= 4 is 5.91 Å². The number of piperidine rings is 1. The zero-order valence-corrected chi connectivity index (χ0v) is 13.9. The van der Waals surface area contributed by atoms with E-state index in [-0.39, 0.29) is 30.4 Å². The number of rotatable bonds is 6. The summed E-state index contributed by atoms with van der Waals surface area (Å²) < 4.78 is 0. The molecule has 1 amide bonds. The molecule has 2 aliphatic rings. The van der Waals surface area contributed by atoms with Gasteiger partial charge in [-0.1, -0.05) is 37.3 Å². The number of carbonyl (C=O) groups excluding carboxylic acids is 1. The molecule has 2 N–H and O–H groups in total. The van der Waals surface area contributed by atoms with Crippen molar-refractivity contribution in [3.05, 3.63) is 35.9 Å². The molecular formula is C19H28N2O2. The molecule has 1 aromatic carbocycles. The first kappa shape index (κ1) is 16.5. The van der Waals surface area contributed by atoms with Gasteiger partial charge in [-0.05, 0) is 37.3 Å². The second kappa shape index (κ2) is 7.45. The predicted octanol–water partition coefficient (Wildman–Crippen LogP) is 2.03. The van der Waals surface area contributed by atoms with Gasteiger partial charge in [0.2, 0.25) is 5.91 Å². The lowest BCUT2D eigenvalue weighted by atomic mass is 9.91. The monoisotopic (exact) mass is 316 g/mol. The van der Waals surface area contributed by atoms with Crippen LogP contribution in [0.15, 0.2) is 30.3 Å². The van der Waals surface area contributed by atoms with E-state index in [9.17, 15) is 9.90 Å². The summed E-state index contributed by atoms with van der Waals surface area (Å²) in [6.07, 6.45) is 3.30. The zero-order valence-electron chi connectivity index (χ0n) is 13.9. The van der Waals surface area contributed by atoms with Crippen molar-refractivity contribution < 1.29 is 9.90 Å². The summed E-state index contributed by atoms with van der Waals surface area (Å²) in [6.45, 7) is 4.89. The molecule has 23 heavy (non-hydrogen) atoms. The molecule has 2 fully saturated rings. The molecule has 1 heterocycles. The highest BCUT2D eigenvalue weighted by Crippen LogP contribution is 2.36. The van der Waals surface area contributed by atoms with E-state index in [1.165, 1.54) is 18.4 Å². The molecule has 1 saturated carbocycles. The van der Waals surface area contributed by atoms with Gasteiger partial charge in [0, 0.05) is 37.6 Å². The summed E-state index contributed by atoms with van der Waals surface area (Å²) in [5, 5.41) is 12.9. The molecule has 126 valence electrons. The first-order valence-electron chi connectivity index (χ1n) is 8.85. The van der Waals surface area contributed by atoms with Crippen LogP contribution in [0.4, 0.5) is 0 Å². The van der Waals surface area contributed by atoms with E-state index in [2.05, 4.69) is 34.5 Å². The van der Waals surface area contributed by atoms with Crippen molar-refractivity contribution in [2.24, 2.45) is 17.8 Å². The van der Waals surface area contributed by atoms with E-state index in [0.717, 1.165) is 26.1 Å². The number of amides is 1. The fraction of sp³-hybridized carbons (Fsp3) is 0.632. The molecule has 4 nitrogen and oxygen atoms in total. The maximum absolute atomic E-state index is 12.4. The lowest BCUT2D eigenvalue weighted by Crippen LogP contribution is -2.54. The number of nitrogens with zero attached hydrogens (tertiary/aromatic N) is 1. The van der Waals surface area contributed by atoms with E-state index in [0.29, 0.717) is 5.92 Å². The molecule has 1 aromatic rings. The van der Waals surface area contributed by atoms with Crippen molar-refractivity contribution in [3.63, 3.8) is 0 Å². The molecule has 0 aromatic heterocycles. The fourth-order valence-electron chi connectivity index (χ4n) is 3.56. The highest BCUT2D eigenvalue weighted by Gasteiger charge is 2.36. The molecule has 1 aliphatic heterocycles. The number of hydrogen-bond donors (Lipinski definition) is 2. The smallest absolute Gasteiger partial charge is 0.223 e. The Hall–Kier alpha value is -1.39. The van der Waals surface area contributed by atoms with E-state index >= 15 is 0 Å². The van der Waals surface area contributed by atoms with Crippen LogP contribution in [0.3, 0.4) is 0 Å². The Kier molecular flexibility index (Phi) is 5.34. The summed E-state index contributed by atoms with van der Waals surface area (Å²) in [4.78, 5) is 14.8. The van der Waals surface area contributed by atoms with Gasteiger partial charge in [-0.3, -0.25) is 9.69 Å². The topological polar surface area (TPSA) is 52.6 Å². The normalized spacial score (nSPS) is 26.7. The highest BCUT2D eigenvalue weighted by atomic mass is 16.3. The average molecular weight is 316 g/mol. The minimum Gasteiger partial charge on any atom is -0.396 e. The van der Waals surface area contributed by atoms with E-state index in [1.54, 1.807) is 0 Å². The van der Waals surface area contributed by atoms with Gasteiger partial charge in [-0.2, -0.15) is 0 Å². The van der Waals surface area contributed by atoms with Crippen molar-refractivity contribution in [2.75, 3.05) is 19.7 Å². The minimum absolute atomic E-state index is 0.0613. The van der Waals surface area contributed by atoms with E-state index < -0.39 is 0 Å². The van der Waals surface area contributed by atoms with Gasteiger partial charge in [0.25, 0.3) is 0 Å². The van der Waals surface area contributed by atoms with E-state index in [1.807, 2.05) is 13.0 Å². The maximum atomic E-state index is 12.4. The summed E-state index contributed by atoms with van der Waals surface area (Å²) in [5.74, 6) is 1.03. The summed E-state index contributed by atoms with van der Waals surface area (Å²) in [6, 6.07) is 10.5. The largest absolute Gasteiger partial charge is 0.396 e. The van der Waals surface area contributed by atoms with Gasteiger partial charge in [0.05, 0.1) is 0 Å². The molecule has 1 saturated heterocycles. The molecule has 0 radical (unpaired) electrons. The van der Waals surface area contributed by atoms with Gasteiger partial charge < -0.3 is 10.4 Å². The predicted molar refractivity (Wildman–Crippen MR) is 90.7 cm³/mol. The van der Waals surface area contributed by atoms with Crippen LogP contribution in [0.5, 0.6) is 0 Å². The highest BCUT2D eigenvalue weighted by molar-refractivity contribution is 5.79. The van der Waals surface area contributed by atoms with Gasteiger partial charge in [0.15, 0.2) is 0 Å². The zero-order chi connectivity index (χ0) is 16.2. The number of aliphatic hydroxyl groups excluding tert-OH is 1. The van der Waals surface area contributed by atoms with Gasteiger partial charge in [-0.15, -0.1) is 0 Å². The molecule has 4 heteroatoms. The van der Waals surface area contributed by atoms with Crippen LogP contribution >= 0.6 is 0 Å². The summed E-state index contributed by atoms with van der Waals surface area (Å²) in [7, 11) is 0. The Morgan fingerprint density at radius 1 is 1.30 bits per heavy atom. The number of likely N-dealkylation sites (tertiary alicyclic amines) is 1. The third kappa shape index (κ3) is 4.33. The van der Waals surface area contributed by atoms with Gasteiger partial charge in [0.1, 0.15) is 0 Å². The molecule has 1 aliphatic carbocycles. The Morgan fingerprint density at radius 3 is 2.70 bits per heavy atom. The number of benzene rings is 1. The van der Waals surface area contributed by atoms with Crippen LogP contribution in [0.2, 0.25) is 0 Å². The van der Waals surface area contributed by atoms with Crippen LogP contribution < -0.4 is 5.32 Å². The first-order valence-corrected chi connectivity index (χ1v) is 8.85. The standard InChI is InChI=1S/C19H28N2O2/c1-14(16-7-8-16)19(23)20-18-12-21(10-9-17(18)13-22)11-15-5-3-2-4-6-15/h2-6,14,16-18,22H,7-13H2,1H3,(H,20,23). The molecule has 3 rings (SSSR count). The Morgan fingerprint density at radius 2 is 2.04 bits per heavy atom. The quantitative estimate of drug-likeness (QED) is 0.844. The summed E-state index contributed by atoms with van der Waals surface area (Å²) >= 11 is 0. The SMILES string of the molecule is CC(C(=O)NC1CN(Cc2ccccc2)CCC1CO)C1CC1. The number of carbonyl (C=O) groups is 1. The van der Waals surface area contributed by atoms with Gasteiger partial charge >= 0.3 is 0 Å². The van der Waals surface area contributed by atoms with Crippen molar-refractivity contribution in [3.8, 4) is 0 Å². The first-order chi connectivity index (χ1) is 11.2. The lowest BCUT2D eigenvalue weighted by molar-refractivity contribution is -0.126. The third-order valence-electron chi connectivity index (χ3n) is 5.39. The second-order valence-electron chi connectivity index (χ2n) is 7.19. The van der Waals surface area contributed by atoms with Crippen LogP contribution in [0.25, 0.3) is 0 Å². The van der Waals surface area contributed by atoms with Crippen LogP contribution in [-0.4, -0.2) is 41.7 Å². The number of nitrogens with one attached hydrogen (secondary N) is 1. The Bertz CT molecular complexity index is 515. The molecule has 0 spiro atoms. The van der Waals surface area contributed by atoms with E-state index in [4.69, 9.17) is 0 Å². The Labute approximate surface area is 138 Å². The second-order valence-corrected chi connectivity index (χ2v) is 7.19. The third-order valence-corrected chi connectivity index (χ3v) is 5.39. The minimum atomic E-state index is 0.0613. The number of aliphatic hydroxyl groups is 1. The number of hydrogen-bond acceptors (Lipinski definition) is 3.